The first-order chi connectivity index (χ1) is 16.2. The number of rotatable bonds is 10. The highest BCUT2D eigenvalue weighted by Crippen LogP contribution is 2.30. The van der Waals surface area contributed by atoms with Crippen molar-refractivity contribution in [1.29, 1.82) is 0 Å². The van der Waals surface area contributed by atoms with E-state index in [1.54, 1.807) is 0 Å². The second-order valence-electron chi connectivity index (χ2n) is 8.80. The summed E-state index contributed by atoms with van der Waals surface area (Å²) in [5.41, 5.74) is 9.12. The highest BCUT2D eigenvalue weighted by atomic mass is 16.6. The molecule has 3 aromatic rings. The Labute approximate surface area is 201 Å². The smallest absolute Gasteiger partial charge is 0.404 e. The predicted octanol–water partition coefficient (Wildman–Crippen LogP) is 4.93. The fourth-order valence-electron chi connectivity index (χ4n) is 3.86. The molecule has 0 aliphatic carbocycles. The summed E-state index contributed by atoms with van der Waals surface area (Å²) in [5.74, 6) is 0. The number of aliphatic hydroxyl groups is 1. The molecule has 0 heterocycles. The van der Waals surface area contributed by atoms with Crippen LogP contribution in [-0.4, -0.2) is 37.2 Å². The third-order valence-corrected chi connectivity index (χ3v) is 6.19. The quantitative estimate of drug-likeness (QED) is 0.419. The summed E-state index contributed by atoms with van der Waals surface area (Å²) in [6.45, 7) is 3.96. The van der Waals surface area contributed by atoms with E-state index in [2.05, 4.69) is 18.7 Å². The fourth-order valence-corrected chi connectivity index (χ4v) is 3.86. The Balaban J connectivity index is 1.78. The Morgan fingerprint density at radius 1 is 1.06 bits per heavy atom. The number of aldehydes is 1. The van der Waals surface area contributed by atoms with E-state index >= 15 is 0 Å². The van der Waals surface area contributed by atoms with Crippen LogP contribution in [0.5, 0.6) is 0 Å². The Hall–Kier alpha value is -3.64. The van der Waals surface area contributed by atoms with Crippen molar-refractivity contribution in [3.05, 3.63) is 89.5 Å². The monoisotopic (exact) mass is 460 g/mol. The van der Waals surface area contributed by atoms with Crippen LogP contribution in [0.2, 0.25) is 0 Å². The van der Waals surface area contributed by atoms with Gasteiger partial charge in [0, 0.05) is 24.3 Å². The first-order valence-electron chi connectivity index (χ1n) is 11.3. The number of carbonyl (C=O) groups is 2. The van der Waals surface area contributed by atoms with Crippen molar-refractivity contribution >= 4 is 18.1 Å². The zero-order valence-electron chi connectivity index (χ0n) is 19.9. The molecule has 178 valence electrons. The molecule has 0 radical (unpaired) electrons. The van der Waals surface area contributed by atoms with Crippen LogP contribution in [-0.2, 0) is 16.8 Å². The minimum Gasteiger partial charge on any atom is -0.446 e. The normalized spacial score (nSPS) is 12.7. The summed E-state index contributed by atoms with van der Waals surface area (Å²) in [7, 11) is 1.98. The molecule has 0 aromatic heterocycles. The maximum atomic E-state index is 11.5. The van der Waals surface area contributed by atoms with Gasteiger partial charge in [-0.25, -0.2) is 4.79 Å². The van der Waals surface area contributed by atoms with E-state index in [4.69, 9.17) is 10.5 Å². The average Bonchev–Trinajstić information content (AvgIpc) is 2.86. The van der Waals surface area contributed by atoms with Gasteiger partial charge in [-0.05, 0) is 61.1 Å². The lowest BCUT2D eigenvalue weighted by atomic mass is 9.88. The van der Waals surface area contributed by atoms with Gasteiger partial charge in [-0.15, -0.1) is 0 Å². The van der Waals surface area contributed by atoms with Gasteiger partial charge in [-0.2, -0.15) is 0 Å². The number of nitrogens with zero attached hydrogens (tertiary/aromatic N) is 1. The van der Waals surface area contributed by atoms with Gasteiger partial charge >= 0.3 is 6.09 Å². The molecular weight excluding hydrogens is 428 g/mol. The van der Waals surface area contributed by atoms with Crippen LogP contribution in [0.15, 0.2) is 72.8 Å². The first-order valence-corrected chi connectivity index (χ1v) is 11.3. The summed E-state index contributed by atoms with van der Waals surface area (Å²) >= 11 is 0. The number of hydrogen-bond acceptors (Lipinski definition) is 5. The molecule has 0 spiro atoms. The minimum absolute atomic E-state index is 0.209. The van der Waals surface area contributed by atoms with E-state index in [1.165, 1.54) is 0 Å². The number of anilines is 1. The number of hydrogen-bond donors (Lipinski definition) is 2. The molecule has 0 fully saturated rings. The maximum absolute atomic E-state index is 11.5. The number of nitrogens with two attached hydrogens (primary N) is 1. The van der Waals surface area contributed by atoms with E-state index in [0.29, 0.717) is 24.0 Å². The number of carbonyl (C=O) groups excluding carboxylic acids is 2. The molecule has 0 aliphatic heterocycles. The van der Waals surface area contributed by atoms with Gasteiger partial charge in [0.25, 0.3) is 0 Å². The Morgan fingerprint density at radius 2 is 1.71 bits per heavy atom. The molecule has 3 rings (SSSR count). The summed E-state index contributed by atoms with van der Waals surface area (Å²) in [4.78, 5) is 24.7. The summed E-state index contributed by atoms with van der Waals surface area (Å²) in [5, 5.41) is 11.2. The van der Waals surface area contributed by atoms with Crippen molar-refractivity contribution in [3.8, 4) is 11.1 Å². The Kier molecular flexibility index (Phi) is 8.08. The molecule has 1 amide bonds. The molecule has 6 heteroatoms. The molecule has 0 unspecified atom stereocenters. The third kappa shape index (κ3) is 6.02. The number of primary amides is 1. The fraction of sp³-hybridized carbons (Fsp3) is 0.286. The molecule has 0 aliphatic rings. The summed E-state index contributed by atoms with van der Waals surface area (Å²) in [6, 6.07) is 23.4. The van der Waals surface area contributed by atoms with Gasteiger partial charge in [0.15, 0.2) is 6.29 Å². The standard InChI is InChI=1S/C28H32N2O4/c1-20(2)30(3)26-17-23(13-14-24(26)18-31)22-11-9-21(10-12-22)15-16-28(33,19-34-27(29)32)25-7-5-4-6-8-25/h4-14,17-18,20,33H,15-16,19H2,1-3H3,(H2,29,32)/t28-/m0/s1. The molecule has 1 atom stereocenters. The number of amides is 1. The number of aryl methyl sites for hydroxylation is 1. The van der Waals surface area contributed by atoms with Crippen molar-refractivity contribution in [3.63, 3.8) is 0 Å². The molecule has 3 aromatic carbocycles. The van der Waals surface area contributed by atoms with Crippen molar-refractivity contribution < 1.29 is 19.4 Å². The molecule has 0 saturated carbocycles. The highest BCUT2D eigenvalue weighted by molar-refractivity contribution is 5.87. The van der Waals surface area contributed by atoms with E-state index in [-0.39, 0.29) is 12.6 Å². The second kappa shape index (κ2) is 11.0. The summed E-state index contributed by atoms with van der Waals surface area (Å²) in [6.07, 6.45) is 0.915. The third-order valence-electron chi connectivity index (χ3n) is 6.19. The van der Waals surface area contributed by atoms with Crippen LogP contribution in [0.4, 0.5) is 10.5 Å². The van der Waals surface area contributed by atoms with Crippen molar-refractivity contribution in [1.82, 2.24) is 0 Å². The highest BCUT2D eigenvalue weighted by Gasteiger charge is 2.30. The van der Waals surface area contributed by atoms with Crippen molar-refractivity contribution in [2.75, 3.05) is 18.6 Å². The van der Waals surface area contributed by atoms with Crippen LogP contribution in [0.1, 0.15) is 41.8 Å². The van der Waals surface area contributed by atoms with Crippen molar-refractivity contribution in [2.24, 2.45) is 5.73 Å². The second-order valence-corrected chi connectivity index (χ2v) is 8.80. The van der Waals surface area contributed by atoms with E-state index in [9.17, 15) is 14.7 Å². The number of benzene rings is 3. The maximum Gasteiger partial charge on any atom is 0.404 e. The molecule has 3 N–H and O–H groups in total. The topological polar surface area (TPSA) is 92.9 Å². The zero-order chi connectivity index (χ0) is 24.7. The van der Waals surface area contributed by atoms with Gasteiger partial charge in [-0.3, -0.25) is 4.79 Å². The van der Waals surface area contributed by atoms with E-state index in [0.717, 1.165) is 28.7 Å². The van der Waals surface area contributed by atoms with Crippen molar-refractivity contribution in [2.45, 2.75) is 38.3 Å². The molecule has 6 nitrogen and oxygen atoms in total. The Bertz CT molecular complexity index is 1110. The molecule has 0 saturated heterocycles. The molecular formula is C28H32N2O4. The van der Waals surface area contributed by atoms with Crippen LogP contribution in [0.25, 0.3) is 11.1 Å². The minimum atomic E-state index is -1.34. The van der Waals surface area contributed by atoms with Crippen LogP contribution in [0.3, 0.4) is 0 Å². The van der Waals surface area contributed by atoms with Crippen LogP contribution in [0, 0.1) is 0 Å². The SMILES string of the molecule is CC(C)N(C)c1cc(-c2ccc(CC[C@](O)(COC(N)=O)c3ccccc3)cc2)ccc1C=O. The lowest BCUT2D eigenvalue weighted by Crippen LogP contribution is -2.34. The zero-order valence-corrected chi connectivity index (χ0v) is 19.9. The van der Waals surface area contributed by atoms with Gasteiger partial charge in [-0.1, -0.05) is 60.7 Å². The van der Waals surface area contributed by atoms with Gasteiger partial charge in [0.2, 0.25) is 0 Å². The average molecular weight is 461 g/mol. The van der Waals surface area contributed by atoms with Gasteiger partial charge < -0.3 is 20.5 Å². The van der Waals surface area contributed by atoms with E-state index < -0.39 is 11.7 Å². The van der Waals surface area contributed by atoms with Crippen LogP contribution >= 0.6 is 0 Å². The molecule has 0 bridgehead atoms. The largest absolute Gasteiger partial charge is 0.446 e. The Morgan fingerprint density at radius 3 is 2.29 bits per heavy atom. The molecule has 34 heavy (non-hydrogen) atoms. The van der Waals surface area contributed by atoms with Gasteiger partial charge in [0.1, 0.15) is 12.2 Å². The van der Waals surface area contributed by atoms with Gasteiger partial charge in [0.05, 0.1) is 0 Å². The van der Waals surface area contributed by atoms with Crippen LogP contribution < -0.4 is 10.6 Å². The lowest BCUT2D eigenvalue weighted by Gasteiger charge is -2.28. The number of ether oxygens (including phenoxy) is 1. The summed E-state index contributed by atoms with van der Waals surface area (Å²) < 4.78 is 4.95. The predicted molar refractivity (Wildman–Crippen MR) is 135 cm³/mol. The lowest BCUT2D eigenvalue weighted by molar-refractivity contribution is -0.0307. The first kappa shape index (κ1) is 25.0. The van der Waals surface area contributed by atoms with E-state index in [1.807, 2.05) is 79.8 Å².